The van der Waals surface area contributed by atoms with Crippen molar-refractivity contribution in [3.05, 3.63) is 89.7 Å². The molecule has 3 aromatic carbocycles. The Balaban J connectivity index is 1.84. The van der Waals surface area contributed by atoms with Gasteiger partial charge in [0, 0.05) is 6.54 Å². The molecule has 0 aromatic heterocycles. The Morgan fingerprint density at radius 2 is 1.72 bits per heavy atom. The monoisotopic (exact) mass is 456 g/mol. The maximum atomic E-state index is 13.4. The third-order valence-corrected chi connectivity index (χ3v) is 6.48. The summed E-state index contributed by atoms with van der Waals surface area (Å²) in [6.07, 6.45) is 0. The fourth-order valence-electron chi connectivity index (χ4n) is 3.13. The Morgan fingerprint density at radius 3 is 2.34 bits per heavy atom. The number of ether oxygens (including phenoxy) is 1. The van der Waals surface area contributed by atoms with Crippen molar-refractivity contribution in [2.24, 2.45) is 0 Å². The number of sulfonamides is 1. The molecule has 168 valence electrons. The van der Waals surface area contributed by atoms with Gasteiger partial charge in [-0.1, -0.05) is 29.8 Å². The number of carbonyl (C=O) groups is 1. The van der Waals surface area contributed by atoms with Crippen LogP contribution in [0.1, 0.15) is 18.1 Å². The van der Waals surface area contributed by atoms with Crippen molar-refractivity contribution in [2.75, 3.05) is 17.5 Å². The molecule has 0 saturated heterocycles. The summed E-state index contributed by atoms with van der Waals surface area (Å²) in [5, 5.41) is 2.75. The van der Waals surface area contributed by atoms with E-state index in [1.54, 1.807) is 12.1 Å². The number of halogens is 1. The number of hydrogen-bond acceptors (Lipinski definition) is 4. The van der Waals surface area contributed by atoms with Gasteiger partial charge in [0.15, 0.2) is 0 Å². The van der Waals surface area contributed by atoms with Crippen molar-refractivity contribution < 1.29 is 22.3 Å². The SMILES string of the molecule is CCOc1ccc(S(=O)(=O)N(CC(=O)NCc2cccc(C)c2)c2ccc(F)cc2)cc1. The summed E-state index contributed by atoms with van der Waals surface area (Å²) in [5.74, 6) is -0.447. The Kier molecular flexibility index (Phi) is 7.48. The van der Waals surface area contributed by atoms with Crippen LogP contribution >= 0.6 is 0 Å². The molecule has 8 heteroatoms. The van der Waals surface area contributed by atoms with Crippen molar-refractivity contribution >= 4 is 21.6 Å². The minimum Gasteiger partial charge on any atom is -0.494 e. The van der Waals surface area contributed by atoms with Crippen LogP contribution in [0.15, 0.2) is 77.7 Å². The number of carbonyl (C=O) groups excluding carboxylic acids is 1. The quantitative estimate of drug-likeness (QED) is 0.527. The maximum Gasteiger partial charge on any atom is 0.264 e. The highest BCUT2D eigenvalue weighted by molar-refractivity contribution is 7.92. The van der Waals surface area contributed by atoms with Gasteiger partial charge in [0.1, 0.15) is 18.1 Å². The van der Waals surface area contributed by atoms with Crippen LogP contribution in [0.4, 0.5) is 10.1 Å². The largest absolute Gasteiger partial charge is 0.494 e. The molecule has 0 aliphatic heterocycles. The zero-order valence-electron chi connectivity index (χ0n) is 17.9. The number of nitrogens with one attached hydrogen (secondary N) is 1. The third-order valence-electron chi connectivity index (χ3n) is 4.70. The van der Waals surface area contributed by atoms with Gasteiger partial charge in [-0.25, -0.2) is 12.8 Å². The molecular weight excluding hydrogens is 431 g/mol. The predicted octanol–water partition coefficient (Wildman–Crippen LogP) is 4.04. The molecule has 0 radical (unpaired) electrons. The highest BCUT2D eigenvalue weighted by atomic mass is 32.2. The molecule has 3 rings (SSSR count). The molecule has 0 aliphatic rings. The van der Waals surface area contributed by atoms with Crippen LogP contribution in [0.2, 0.25) is 0 Å². The second kappa shape index (κ2) is 10.3. The Morgan fingerprint density at radius 1 is 1.03 bits per heavy atom. The summed E-state index contributed by atoms with van der Waals surface area (Å²) in [4.78, 5) is 12.7. The van der Waals surface area contributed by atoms with E-state index in [1.807, 2.05) is 38.1 Å². The van der Waals surface area contributed by atoms with Crippen molar-refractivity contribution in [1.82, 2.24) is 5.32 Å². The van der Waals surface area contributed by atoms with E-state index in [2.05, 4.69) is 5.32 Å². The van der Waals surface area contributed by atoms with Crippen molar-refractivity contribution in [3.63, 3.8) is 0 Å². The van der Waals surface area contributed by atoms with Crippen LogP contribution in [-0.2, 0) is 21.4 Å². The van der Waals surface area contributed by atoms with E-state index >= 15 is 0 Å². The minimum absolute atomic E-state index is 0.00300. The Labute approximate surface area is 187 Å². The number of anilines is 1. The molecule has 0 bridgehead atoms. The molecule has 0 unspecified atom stereocenters. The number of rotatable bonds is 9. The summed E-state index contributed by atoms with van der Waals surface area (Å²) >= 11 is 0. The van der Waals surface area contributed by atoms with Crippen molar-refractivity contribution in [3.8, 4) is 5.75 Å². The number of amides is 1. The topological polar surface area (TPSA) is 75.7 Å². The average molecular weight is 457 g/mol. The predicted molar refractivity (Wildman–Crippen MR) is 122 cm³/mol. The summed E-state index contributed by atoms with van der Waals surface area (Å²) in [5.41, 5.74) is 2.15. The summed E-state index contributed by atoms with van der Waals surface area (Å²) < 4.78 is 46.5. The van der Waals surface area contributed by atoms with Crippen molar-refractivity contribution in [1.29, 1.82) is 0 Å². The van der Waals surface area contributed by atoms with E-state index in [0.29, 0.717) is 12.4 Å². The first-order valence-electron chi connectivity index (χ1n) is 10.1. The first-order valence-corrected chi connectivity index (χ1v) is 11.6. The zero-order valence-corrected chi connectivity index (χ0v) is 18.7. The summed E-state index contributed by atoms with van der Waals surface area (Å²) in [6, 6.07) is 18.6. The molecule has 32 heavy (non-hydrogen) atoms. The van der Waals surface area contributed by atoms with Gasteiger partial charge < -0.3 is 10.1 Å². The second-order valence-electron chi connectivity index (χ2n) is 7.16. The van der Waals surface area contributed by atoms with E-state index in [4.69, 9.17) is 4.74 Å². The molecular formula is C24H25FN2O4S. The second-order valence-corrected chi connectivity index (χ2v) is 9.02. The van der Waals surface area contributed by atoms with Crippen LogP contribution in [0, 0.1) is 12.7 Å². The van der Waals surface area contributed by atoms with E-state index < -0.39 is 28.3 Å². The highest BCUT2D eigenvalue weighted by Crippen LogP contribution is 2.25. The number of aryl methyl sites for hydroxylation is 1. The van der Waals surface area contributed by atoms with E-state index in [1.165, 1.54) is 24.3 Å². The van der Waals surface area contributed by atoms with Gasteiger partial charge in [-0.05, 0) is 67.9 Å². The van der Waals surface area contributed by atoms with Crippen LogP contribution in [0.25, 0.3) is 0 Å². The van der Waals surface area contributed by atoms with E-state index in [-0.39, 0.29) is 17.1 Å². The number of hydrogen-bond donors (Lipinski definition) is 1. The van der Waals surface area contributed by atoms with Gasteiger partial charge in [0.2, 0.25) is 5.91 Å². The molecule has 0 aliphatic carbocycles. The third kappa shape index (κ3) is 5.85. The van der Waals surface area contributed by atoms with E-state index in [9.17, 15) is 17.6 Å². The molecule has 0 atom stereocenters. The first kappa shape index (κ1) is 23.3. The van der Waals surface area contributed by atoms with Crippen LogP contribution < -0.4 is 14.4 Å². The number of benzene rings is 3. The van der Waals surface area contributed by atoms with Crippen molar-refractivity contribution in [2.45, 2.75) is 25.3 Å². The van der Waals surface area contributed by atoms with Crippen LogP contribution in [0.5, 0.6) is 5.75 Å². The van der Waals surface area contributed by atoms with Gasteiger partial charge in [-0.2, -0.15) is 0 Å². The number of nitrogens with zero attached hydrogens (tertiary/aromatic N) is 1. The fraction of sp³-hybridized carbons (Fsp3) is 0.208. The molecule has 3 aromatic rings. The zero-order chi connectivity index (χ0) is 23.1. The lowest BCUT2D eigenvalue weighted by Gasteiger charge is -2.24. The lowest BCUT2D eigenvalue weighted by molar-refractivity contribution is -0.119. The van der Waals surface area contributed by atoms with Gasteiger partial charge >= 0.3 is 0 Å². The first-order chi connectivity index (χ1) is 15.3. The van der Waals surface area contributed by atoms with Crippen LogP contribution in [-0.4, -0.2) is 27.5 Å². The maximum absolute atomic E-state index is 13.4. The summed E-state index contributed by atoms with van der Waals surface area (Å²) in [6.45, 7) is 4.05. The lowest BCUT2D eigenvalue weighted by atomic mass is 10.1. The molecule has 0 fully saturated rings. The molecule has 1 amide bonds. The van der Waals surface area contributed by atoms with E-state index in [0.717, 1.165) is 27.6 Å². The lowest BCUT2D eigenvalue weighted by Crippen LogP contribution is -2.40. The molecule has 1 N–H and O–H groups in total. The normalized spacial score (nSPS) is 11.1. The standard InChI is InChI=1S/C24H25FN2O4S/c1-3-31-22-11-13-23(14-12-22)32(29,30)27(21-9-7-20(25)8-10-21)17-24(28)26-16-19-6-4-5-18(2)15-19/h4-15H,3,16-17H2,1-2H3,(H,26,28). The molecule has 0 saturated carbocycles. The summed E-state index contributed by atoms with van der Waals surface area (Å²) in [7, 11) is -4.09. The molecule has 0 heterocycles. The van der Waals surface area contributed by atoms with Gasteiger partial charge in [-0.3, -0.25) is 9.10 Å². The Bertz CT molecular complexity index is 1160. The fourth-order valence-corrected chi connectivity index (χ4v) is 4.55. The van der Waals surface area contributed by atoms with Gasteiger partial charge in [-0.15, -0.1) is 0 Å². The van der Waals surface area contributed by atoms with Gasteiger partial charge in [0.25, 0.3) is 10.0 Å². The van der Waals surface area contributed by atoms with Crippen LogP contribution in [0.3, 0.4) is 0 Å². The minimum atomic E-state index is -4.09. The highest BCUT2D eigenvalue weighted by Gasteiger charge is 2.27. The molecule has 0 spiro atoms. The smallest absolute Gasteiger partial charge is 0.264 e. The Hall–Kier alpha value is -3.39. The van der Waals surface area contributed by atoms with Gasteiger partial charge in [0.05, 0.1) is 17.2 Å². The average Bonchev–Trinajstić information content (AvgIpc) is 2.77. The molecule has 6 nitrogen and oxygen atoms in total.